The molecular weight excluding hydrogens is 253 g/mol. The fourth-order valence-corrected chi connectivity index (χ4v) is 1.47. The Bertz CT molecular complexity index is 420. The van der Waals surface area contributed by atoms with Gasteiger partial charge in [0.25, 0.3) is 0 Å². The Kier molecular flexibility index (Phi) is 6.06. The Morgan fingerprint density at radius 2 is 1.24 bits per heavy atom. The van der Waals surface area contributed by atoms with Gasteiger partial charge in [0.05, 0.1) is 10.0 Å². The van der Waals surface area contributed by atoms with Crippen LogP contribution < -0.4 is 5.73 Å². The molecule has 2 N–H and O–H groups in total. The Hall–Kier alpha value is -1.02. The monoisotopic (exact) mass is 267 g/mol. The molecule has 17 heavy (non-hydrogen) atoms. The summed E-state index contributed by atoms with van der Waals surface area (Å²) < 4.78 is 0. The molecule has 0 aliphatic carbocycles. The van der Waals surface area contributed by atoms with Gasteiger partial charge < -0.3 is 5.73 Å². The van der Waals surface area contributed by atoms with E-state index in [1.54, 1.807) is 12.1 Å². The van der Waals surface area contributed by atoms with Crippen molar-refractivity contribution in [2.45, 2.75) is 13.0 Å². The van der Waals surface area contributed by atoms with Crippen molar-refractivity contribution < 1.29 is 0 Å². The fraction of sp³-hybridized carbons (Fsp3) is 0.143. The molecule has 0 saturated carbocycles. The van der Waals surface area contributed by atoms with Crippen molar-refractivity contribution in [3.05, 3.63) is 70.2 Å². The minimum atomic E-state index is 0.159. The van der Waals surface area contributed by atoms with Crippen LogP contribution in [0.15, 0.2) is 54.6 Å². The van der Waals surface area contributed by atoms with Crippen molar-refractivity contribution >= 4 is 23.2 Å². The lowest BCUT2D eigenvalue weighted by Gasteiger charge is -2.02. The molecule has 2 rings (SSSR count). The van der Waals surface area contributed by atoms with Crippen LogP contribution in [0.2, 0.25) is 10.0 Å². The maximum absolute atomic E-state index is 5.61. The van der Waals surface area contributed by atoms with Gasteiger partial charge in [0.2, 0.25) is 0 Å². The Morgan fingerprint density at radius 3 is 1.53 bits per heavy atom. The van der Waals surface area contributed by atoms with Crippen LogP contribution in [0.3, 0.4) is 0 Å². The van der Waals surface area contributed by atoms with E-state index >= 15 is 0 Å². The maximum atomic E-state index is 5.61. The summed E-state index contributed by atoms with van der Waals surface area (Å²) in [6.07, 6.45) is 0. The first kappa shape index (κ1) is 14.0. The first-order chi connectivity index (χ1) is 8.11. The van der Waals surface area contributed by atoms with Crippen LogP contribution in [-0.4, -0.2) is 0 Å². The Labute approximate surface area is 112 Å². The van der Waals surface area contributed by atoms with E-state index in [9.17, 15) is 0 Å². The lowest BCUT2D eigenvalue weighted by atomic mass is 10.1. The SMILES string of the molecule is CC(N)c1ccccc1.Clc1ccccc1Cl. The van der Waals surface area contributed by atoms with Crippen molar-refractivity contribution in [1.82, 2.24) is 0 Å². The number of hydrogen-bond acceptors (Lipinski definition) is 1. The molecule has 0 bridgehead atoms. The predicted molar refractivity (Wildman–Crippen MR) is 75.5 cm³/mol. The van der Waals surface area contributed by atoms with E-state index in [1.807, 2.05) is 49.4 Å². The molecule has 3 heteroatoms. The van der Waals surface area contributed by atoms with Gasteiger partial charge in [0, 0.05) is 6.04 Å². The third kappa shape index (κ3) is 5.22. The lowest BCUT2D eigenvalue weighted by Crippen LogP contribution is -2.03. The van der Waals surface area contributed by atoms with E-state index in [1.165, 1.54) is 5.56 Å². The molecule has 0 fully saturated rings. The van der Waals surface area contributed by atoms with Gasteiger partial charge in [0.1, 0.15) is 0 Å². The minimum absolute atomic E-state index is 0.159. The number of hydrogen-bond donors (Lipinski definition) is 1. The molecule has 1 nitrogen and oxygen atoms in total. The van der Waals surface area contributed by atoms with Gasteiger partial charge in [-0.2, -0.15) is 0 Å². The summed E-state index contributed by atoms with van der Waals surface area (Å²) in [6, 6.07) is 17.4. The van der Waals surface area contributed by atoms with Gasteiger partial charge in [-0.05, 0) is 24.6 Å². The number of halogens is 2. The third-order valence-electron chi connectivity index (χ3n) is 2.15. The summed E-state index contributed by atoms with van der Waals surface area (Å²) in [7, 11) is 0. The number of nitrogens with two attached hydrogens (primary N) is 1. The summed E-state index contributed by atoms with van der Waals surface area (Å²) in [4.78, 5) is 0. The van der Waals surface area contributed by atoms with Crippen LogP contribution in [0.5, 0.6) is 0 Å². The molecule has 1 unspecified atom stereocenters. The van der Waals surface area contributed by atoms with E-state index in [0.29, 0.717) is 10.0 Å². The topological polar surface area (TPSA) is 26.0 Å². The molecule has 0 saturated heterocycles. The quantitative estimate of drug-likeness (QED) is 0.797. The van der Waals surface area contributed by atoms with Crippen LogP contribution in [0, 0.1) is 0 Å². The van der Waals surface area contributed by atoms with Gasteiger partial charge in [-0.1, -0.05) is 65.7 Å². The van der Waals surface area contributed by atoms with Crippen LogP contribution in [0.1, 0.15) is 18.5 Å². The van der Waals surface area contributed by atoms with E-state index in [-0.39, 0.29) is 6.04 Å². The molecular formula is C14H15Cl2N. The van der Waals surface area contributed by atoms with Gasteiger partial charge in [0.15, 0.2) is 0 Å². The molecule has 0 amide bonds. The molecule has 0 aliphatic rings. The highest BCUT2D eigenvalue weighted by Crippen LogP contribution is 2.19. The second-order valence-corrected chi connectivity index (χ2v) is 4.43. The average Bonchev–Trinajstić information content (AvgIpc) is 2.35. The number of benzene rings is 2. The summed E-state index contributed by atoms with van der Waals surface area (Å²) in [5.74, 6) is 0. The zero-order valence-electron chi connectivity index (χ0n) is 9.61. The number of rotatable bonds is 1. The van der Waals surface area contributed by atoms with Crippen molar-refractivity contribution in [3.63, 3.8) is 0 Å². The summed E-state index contributed by atoms with van der Waals surface area (Å²) in [5, 5.41) is 1.21. The first-order valence-corrected chi connectivity index (χ1v) is 6.07. The van der Waals surface area contributed by atoms with Gasteiger partial charge in [-0.3, -0.25) is 0 Å². The van der Waals surface area contributed by atoms with Gasteiger partial charge in [-0.15, -0.1) is 0 Å². The predicted octanol–water partition coefficient (Wildman–Crippen LogP) is 4.70. The second-order valence-electron chi connectivity index (χ2n) is 3.61. The van der Waals surface area contributed by atoms with Gasteiger partial charge >= 0.3 is 0 Å². The Morgan fingerprint density at radius 1 is 0.824 bits per heavy atom. The minimum Gasteiger partial charge on any atom is -0.324 e. The smallest absolute Gasteiger partial charge is 0.0592 e. The second kappa shape index (κ2) is 7.33. The van der Waals surface area contributed by atoms with Crippen molar-refractivity contribution in [1.29, 1.82) is 0 Å². The fourth-order valence-electron chi connectivity index (χ4n) is 1.20. The largest absolute Gasteiger partial charge is 0.324 e. The molecule has 2 aromatic carbocycles. The highest BCUT2D eigenvalue weighted by Gasteiger charge is 1.93. The maximum Gasteiger partial charge on any atom is 0.0592 e. The molecule has 1 atom stereocenters. The summed E-state index contributed by atoms with van der Waals surface area (Å²) in [6.45, 7) is 1.98. The van der Waals surface area contributed by atoms with Crippen LogP contribution >= 0.6 is 23.2 Å². The molecule has 2 aromatic rings. The molecule has 0 aromatic heterocycles. The third-order valence-corrected chi connectivity index (χ3v) is 2.91. The molecule has 0 spiro atoms. The van der Waals surface area contributed by atoms with Crippen LogP contribution in [0.4, 0.5) is 0 Å². The van der Waals surface area contributed by atoms with Crippen molar-refractivity contribution in [2.24, 2.45) is 5.73 Å². The normalized spacial score (nSPS) is 11.3. The van der Waals surface area contributed by atoms with Crippen LogP contribution in [0.25, 0.3) is 0 Å². The van der Waals surface area contributed by atoms with E-state index in [2.05, 4.69) is 0 Å². The van der Waals surface area contributed by atoms with E-state index < -0.39 is 0 Å². The summed E-state index contributed by atoms with van der Waals surface area (Å²) in [5.41, 5.74) is 6.81. The lowest BCUT2D eigenvalue weighted by molar-refractivity contribution is 0.818. The highest BCUT2D eigenvalue weighted by molar-refractivity contribution is 6.41. The van der Waals surface area contributed by atoms with Crippen LogP contribution in [-0.2, 0) is 0 Å². The van der Waals surface area contributed by atoms with Crippen molar-refractivity contribution in [2.75, 3.05) is 0 Å². The van der Waals surface area contributed by atoms with Gasteiger partial charge in [-0.25, -0.2) is 0 Å². The first-order valence-electron chi connectivity index (χ1n) is 5.32. The van der Waals surface area contributed by atoms with Crippen molar-refractivity contribution in [3.8, 4) is 0 Å². The standard InChI is InChI=1S/C8H11N.C6H4Cl2/c1-7(9)8-5-3-2-4-6-8;7-5-3-1-2-4-6(5)8/h2-7H,9H2,1H3;1-4H. The van der Waals surface area contributed by atoms with E-state index in [4.69, 9.17) is 28.9 Å². The molecule has 0 heterocycles. The molecule has 0 aliphatic heterocycles. The Balaban J connectivity index is 0.000000171. The molecule has 0 radical (unpaired) electrons. The summed E-state index contributed by atoms with van der Waals surface area (Å²) >= 11 is 11.2. The zero-order chi connectivity index (χ0) is 12.7. The van der Waals surface area contributed by atoms with E-state index in [0.717, 1.165) is 0 Å². The average molecular weight is 268 g/mol. The molecule has 90 valence electrons. The highest BCUT2D eigenvalue weighted by atomic mass is 35.5. The zero-order valence-corrected chi connectivity index (χ0v) is 11.1.